The molecular weight excluding hydrogens is 206 g/mol. The third-order valence-corrected chi connectivity index (χ3v) is 5.29. The summed E-state index contributed by atoms with van der Waals surface area (Å²) >= 11 is 0. The van der Waals surface area contributed by atoms with Crippen molar-refractivity contribution < 1.29 is 0 Å². The van der Waals surface area contributed by atoms with Gasteiger partial charge in [0.05, 0.1) is 0 Å². The first-order valence-electron chi connectivity index (χ1n) is 6.81. The summed E-state index contributed by atoms with van der Waals surface area (Å²) in [6, 6.07) is 6.52. The molecule has 0 aliphatic heterocycles. The highest BCUT2D eigenvalue weighted by atomic mass is 14.6. The van der Waals surface area contributed by atoms with E-state index < -0.39 is 0 Å². The molecular formula is C16H19N. The van der Waals surface area contributed by atoms with E-state index in [0.717, 1.165) is 17.5 Å². The summed E-state index contributed by atoms with van der Waals surface area (Å²) in [5.74, 6) is 1.74. The topological polar surface area (TPSA) is 26.0 Å². The van der Waals surface area contributed by atoms with Crippen LogP contribution in [0.5, 0.6) is 0 Å². The molecule has 1 fully saturated rings. The van der Waals surface area contributed by atoms with Gasteiger partial charge in [0, 0.05) is 5.69 Å². The van der Waals surface area contributed by atoms with Gasteiger partial charge in [-0.25, -0.2) is 0 Å². The smallest absolute Gasteiger partial charge is 0.0316 e. The van der Waals surface area contributed by atoms with Crippen molar-refractivity contribution in [2.24, 2.45) is 17.3 Å². The van der Waals surface area contributed by atoms with Gasteiger partial charge in [0.15, 0.2) is 0 Å². The van der Waals surface area contributed by atoms with Gasteiger partial charge < -0.3 is 5.73 Å². The molecule has 0 aromatic heterocycles. The van der Waals surface area contributed by atoms with Gasteiger partial charge in [-0.1, -0.05) is 18.2 Å². The zero-order valence-electron chi connectivity index (χ0n) is 10.2. The number of allylic oxidation sites excluding steroid dienone is 2. The number of hydrogen-bond donors (Lipinski definition) is 1. The van der Waals surface area contributed by atoms with Crippen molar-refractivity contribution in [3.63, 3.8) is 0 Å². The number of benzene rings is 1. The average Bonchev–Trinajstić information content (AvgIpc) is 2.90. The van der Waals surface area contributed by atoms with Crippen LogP contribution >= 0.6 is 0 Å². The van der Waals surface area contributed by atoms with E-state index in [9.17, 15) is 0 Å². The van der Waals surface area contributed by atoms with Gasteiger partial charge in [-0.05, 0) is 72.6 Å². The highest BCUT2D eigenvalue weighted by Gasteiger charge is 2.49. The van der Waals surface area contributed by atoms with Crippen LogP contribution in [0.4, 0.5) is 5.69 Å². The van der Waals surface area contributed by atoms with E-state index in [-0.39, 0.29) is 0 Å². The van der Waals surface area contributed by atoms with E-state index in [1.165, 1.54) is 37.7 Å². The monoisotopic (exact) mass is 225 g/mol. The summed E-state index contributed by atoms with van der Waals surface area (Å²) < 4.78 is 0. The lowest BCUT2D eigenvalue weighted by molar-refractivity contribution is 0.195. The van der Waals surface area contributed by atoms with Gasteiger partial charge in [-0.3, -0.25) is 0 Å². The molecule has 0 amide bonds. The molecule has 0 heterocycles. The van der Waals surface area contributed by atoms with Crippen molar-refractivity contribution in [1.82, 2.24) is 0 Å². The number of fused-ring (bicyclic) bond motifs is 4. The summed E-state index contributed by atoms with van der Waals surface area (Å²) in [6.45, 7) is 0. The third kappa shape index (κ3) is 1.31. The average molecular weight is 225 g/mol. The second kappa shape index (κ2) is 3.16. The van der Waals surface area contributed by atoms with E-state index in [1.807, 2.05) is 0 Å². The number of aryl methyl sites for hydroxylation is 1. The summed E-state index contributed by atoms with van der Waals surface area (Å²) in [6.07, 6.45) is 11.7. The number of nitrogens with two attached hydrogens (primary N) is 1. The first kappa shape index (κ1) is 9.76. The van der Waals surface area contributed by atoms with E-state index in [1.54, 1.807) is 5.56 Å². The maximum absolute atomic E-state index is 5.88. The van der Waals surface area contributed by atoms with Crippen LogP contribution in [0.3, 0.4) is 0 Å². The second-order valence-corrected chi connectivity index (χ2v) is 6.26. The lowest BCUT2D eigenvalue weighted by Gasteiger charge is -2.40. The molecule has 3 atom stereocenters. The van der Waals surface area contributed by atoms with E-state index in [2.05, 4.69) is 30.4 Å². The van der Waals surface area contributed by atoms with Crippen molar-refractivity contribution >= 4 is 5.69 Å². The van der Waals surface area contributed by atoms with Gasteiger partial charge in [0.25, 0.3) is 0 Å². The number of anilines is 1. The van der Waals surface area contributed by atoms with Crippen LogP contribution in [-0.4, -0.2) is 0 Å². The lowest BCUT2D eigenvalue weighted by Crippen LogP contribution is -2.32. The minimum absolute atomic E-state index is 0.600. The molecule has 1 heteroatoms. The minimum atomic E-state index is 0.600. The Morgan fingerprint density at radius 2 is 2.12 bits per heavy atom. The molecule has 2 bridgehead atoms. The third-order valence-electron chi connectivity index (χ3n) is 5.29. The van der Waals surface area contributed by atoms with Crippen molar-refractivity contribution in [2.45, 2.75) is 32.1 Å². The molecule has 1 nitrogen and oxygen atoms in total. The number of hydrogen-bond acceptors (Lipinski definition) is 1. The van der Waals surface area contributed by atoms with Gasteiger partial charge in [0.2, 0.25) is 0 Å². The fraction of sp³-hybridized carbons (Fsp3) is 0.500. The molecule has 3 aliphatic rings. The van der Waals surface area contributed by atoms with Crippen molar-refractivity contribution in [3.8, 4) is 0 Å². The normalized spacial score (nSPS) is 37.6. The highest BCUT2D eigenvalue weighted by Crippen LogP contribution is 2.57. The molecule has 1 saturated carbocycles. The molecule has 4 rings (SSSR count). The first-order valence-corrected chi connectivity index (χ1v) is 6.81. The Morgan fingerprint density at radius 1 is 1.18 bits per heavy atom. The molecule has 0 radical (unpaired) electrons. The van der Waals surface area contributed by atoms with Crippen LogP contribution in [0.2, 0.25) is 0 Å². The predicted octanol–water partition coefficient (Wildman–Crippen LogP) is 3.34. The zero-order valence-corrected chi connectivity index (χ0v) is 10.2. The molecule has 1 aromatic rings. The first-order chi connectivity index (χ1) is 8.25. The van der Waals surface area contributed by atoms with Crippen LogP contribution in [0.25, 0.3) is 0 Å². The Labute approximate surface area is 103 Å². The maximum Gasteiger partial charge on any atom is 0.0316 e. The summed E-state index contributed by atoms with van der Waals surface area (Å²) in [7, 11) is 0. The van der Waals surface area contributed by atoms with Crippen LogP contribution in [0.15, 0.2) is 30.4 Å². The van der Waals surface area contributed by atoms with Gasteiger partial charge in [0.1, 0.15) is 0 Å². The molecule has 88 valence electrons. The lowest BCUT2D eigenvalue weighted by atomic mass is 9.64. The molecule has 3 unspecified atom stereocenters. The molecule has 2 N–H and O–H groups in total. The van der Waals surface area contributed by atoms with E-state index >= 15 is 0 Å². The standard InChI is InChI=1S/C16H19N/c17-15-4-2-13-10-16(6-5-12(13)8-15)9-11-1-3-14(16)7-11/h1-4,8,11,14H,5-7,9-10,17H2. The molecule has 1 spiro atoms. The zero-order chi connectivity index (χ0) is 11.5. The summed E-state index contributed by atoms with van der Waals surface area (Å²) in [4.78, 5) is 0. The van der Waals surface area contributed by atoms with Crippen LogP contribution < -0.4 is 5.73 Å². The van der Waals surface area contributed by atoms with Gasteiger partial charge in [-0.15, -0.1) is 0 Å². The largest absolute Gasteiger partial charge is 0.399 e. The fourth-order valence-electron chi connectivity index (χ4n) is 4.45. The Balaban J connectivity index is 1.72. The Morgan fingerprint density at radius 3 is 2.88 bits per heavy atom. The summed E-state index contributed by atoms with van der Waals surface area (Å²) in [5, 5.41) is 0. The Bertz CT molecular complexity index is 502. The molecule has 0 saturated heterocycles. The molecule has 17 heavy (non-hydrogen) atoms. The predicted molar refractivity (Wildman–Crippen MR) is 70.7 cm³/mol. The maximum atomic E-state index is 5.88. The highest BCUT2D eigenvalue weighted by molar-refractivity contribution is 5.46. The van der Waals surface area contributed by atoms with Crippen molar-refractivity contribution in [1.29, 1.82) is 0 Å². The second-order valence-electron chi connectivity index (χ2n) is 6.26. The fourth-order valence-corrected chi connectivity index (χ4v) is 4.45. The van der Waals surface area contributed by atoms with Crippen molar-refractivity contribution in [2.75, 3.05) is 5.73 Å². The van der Waals surface area contributed by atoms with Gasteiger partial charge >= 0.3 is 0 Å². The quantitative estimate of drug-likeness (QED) is 0.532. The van der Waals surface area contributed by atoms with Crippen LogP contribution in [0.1, 0.15) is 30.4 Å². The summed E-state index contributed by atoms with van der Waals surface area (Å²) in [5.41, 5.74) is 10.5. The SMILES string of the molecule is Nc1ccc2c(c1)CCC1(C2)CC2C=CC1C2. The Hall–Kier alpha value is -1.24. The van der Waals surface area contributed by atoms with E-state index in [4.69, 9.17) is 5.73 Å². The van der Waals surface area contributed by atoms with Crippen LogP contribution in [-0.2, 0) is 12.8 Å². The Kier molecular flexibility index (Phi) is 1.81. The number of rotatable bonds is 0. The molecule has 3 aliphatic carbocycles. The minimum Gasteiger partial charge on any atom is -0.399 e. The molecule has 1 aromatic carbocycles. The van der Waals surface area contributed by atoms with Crippen LogP contribution in [0, 0.1) is 17.3 Å². The van der Waals surface area contributed by atoms with Gasteiger partial charge in [-0.2, -0.15) is 0 Å². The van der Waals surface area contributed by atoms with Crippen molar-refractivity contribution in [3.05, 3.63) is 41.5 Å². The van der Waals surface area contributed by atoms with E-state index in [0.29, 0.717) is 5.41 Å². The number of nitrogen functional groups attached to an aromatic ring is 1.